The van der Waals surface area contributed by atoms with Gasteiger partial charge in [0.25, 0.3) is 6.29 Å². The molecular weight excluding hydrogens is 374 g/mol. The quantitative estimate of drug-likeness (QED) is 0.378. The molecule has 140 valence electrons. The second-order valence-electron chi connectivity index (χ2n) is 7.00. The number of ketones is 1. The summed E-state index contributed by atoms with van der Waals surface area (Å²) in [6.07, 6.45) is 2.78. The number of rotatable bonds is 3. The van der Waals surface area contributed by atoms with Crippen molar-refractivity contribution < 1.29 is 19.1 Å². The number of aromatic nitrogens is 1. The molecule has 0 saturated carbocycles. The van der Waals surface area contributed by atoms with E-state index in [1.54, 1.807) is 24.3 Å². The third kappa shape index (κ3) is 2.52. The summed E-state index contributed by atoms with van der Waals surface area (Å²) in [5.41, 5.74) is 4.99. The topological polar surface area (TPSA) is 57.5 Å². The second kappa shape index (κ2) is 6.21. The fourth-order valence-corrected chi connectivity index (χ4v) is 4.55. The number of hydrogen-bond donors (Lipinski definition) is 0. The highest BCUT2D eigenvalue weighted by atomic mass is 32.1. The summed E-state index contributed by atoms with van der Waals surface area (Å²) in [7, 11) is 1.92. The molecule has 2 aliphatic rings. The number of allylic oxidation sites excluding steroid dienone is 1. The highest BCUT2D eigenvalue weighted by Crippen LogP contribution is 2.37. The molecule has 0 N–H and O–H groups in total. The minimum absolute atomic E-state index is 0.0450. The van der Waals surface area contributed by atoms with Crippen molar-refractivity contribution in [3.05, 3.63) is 70.5 Å². The Balaban J connectivity index is 1.50. The zero-order valence-corrected chi connectivity index (χ0v) is 16.2. The van der Waals surface area contributed by atoms with Crippen molar-refractivity contribution in [2.75, 3.05) is 0 Å². The summed E-state index contributed by atoms with van der Waals surface area (Å²) in [5, 5.41) is 3.14. The van der Waals surface area contributed by atoms with Gasteiger partial charge in [0.2, 0.25) is 5.78 Å². The Morgan fingerprint density at radius 3 is 2.86 bits per heavy atom. The van der Waals surface area contributed by atoms with Gasteiger partial charge < -0.3 is 14.0 Å². The van der Waals surface area contributed by atoms with Crippen LogP contribution in [0.4, 0.5) is 0 Å². The Bertz CT molecular complexity index is 1200. The van der Waals surface area contributed by atoms with Crippen LogP contribution in [0.2, 0.25) is 0 Å². The zero-order chi connectivity index (χ0) is 19.4. The van der Waals surface area contributed by atoms with E-state index in [1.807, 2.05) is 17.7 Å². The minimum Gasteiger partial charge on any atom is -0.458 e. The largest absolute Gasteiger partial charge is 0.458 e. The summed E-state index contributed by atoms with van der Waals surface area (Å²) in [5.74, 6) is -0.437. The molecule has 1 unspecified atom stereocenters. The average molecular weight is 391 g/mol. The van der Waals surface area contributed by atoms with Gasteiger partial charge in [-0.15, -0.1) is 11.3 Å². The number of nitrogens with zero attached hydrogens (tertiary/aromatic N) is 1. The summed E-state index contributed by atoms with van der Waals surface area (Å²) >= 11 is 1.70. The number of benzene rings is 1. The van der Waals surface area contributed by atoms with E-state index in [9.17, 15) is 9.59 Å². The van der Waals surface area contributed by atoms with E-state index >= 15 is 0 Å². The third-order valence-corrected chi connectivity index (χ3v) is 6.18. The fourth-order valence-electron chi connectivity index (χ4n) is 3.82. The van der Waals surface area contributed by atoms with Gasteiger partial charge in [-0.3, -0.25) is 4.79 Å². The molecule has 0 radical (unpaired) electrons. The predicted molar refractivity (Wildman–Crippen MR) is 107 cm³/mol. The molecule has 5 rings (SSSR count). The molecule has 1 atom stereocenters. The van der Waals surface area contributed by atoms with E-state index < -0.39 is 12.3 Å². The van der Waals surface area contributed by atoms with Gasteiger partial charge in [0.05, 0.1) is 12.0 Å². The zero-order valence-electron chi connectivity index (χ0n) is 15.4. The monoisotopic (exact) mass is 391 g/mol. The van der Waals surface area contributed by atoms with Crippen molar-refractivity contribution in [1.82, 2.24) is 4.57 Å². The number of esters is 1. The first-order chi connectivity index (χ1) is 13.5. The molecule has 5 nitrogen and oxygen atoms in total. The van der Waals surface area contributed by atoms with E-state index in [1.165, 1.54) is 11.1 Å². The standard InChI is InChI=1S/C22H17NO4S/c1-12-8-19(27-22(12)25)26-11-14-10-16-15-9-13(18-4-3-7-28-18)5-6-17(15)23(2)20(16)21(14)24/h3-9,11,19H,10H2,1-2H3. The van der Waals surface area contributed by atoms with Crippen LogP contribution >= 0.6 is 11.3 Å². The van der Waals surface area contributed by atoms with Crippen LogP contribution < -0.4 is 0 Å². The van der Waals surface area contributed by atoms with Crippen molar-refractivity contribution in [3.8, 4) is 10.4 Å². The van der Waals surface area contributed by atoms with Gasteiger partial charge in [0.1, 0.15) is 0 Å². The van der Waals surface area contributed by atoms with Crippen LogP contribution in [0.15, 0.2) is 59.2 Å². The molecule has 3 heterocycles. The number of cyclic esters (lactones) is 1. The highest BCUT2D eigenvalue weighted by Gasteiger charge is 2.32. The fraction of sp³-hybridized carbons (Fsp3) is 0.182. The Morgan fingerprint density at radius 2 is 2.14 bits per heavy atom. The Labute approximate surface area is 165 Å². The lowest BCUT2D eigenvalue weighted by atomic mass is 10.1. The van der Waals surface area contributed by atoms with Crippen LogP contribution in [0.25, 0.3) is 21.3 Å². The first-order valence-electron chi connectivity index (χ1n) is 8.96. The number of carbonyl (C=O) groups is 2. The molecule has 2 aromatic heterocycles. The maximum Gasteiger partial charge on any atom is 0.336 e. The van der Waals surface area contributed by atoms with Gasteiger partial charge in [0.15, 0.2) is 0 Å². The Hall–Kier alpha value is -3.12. The van der Waals surface area contributed by atoms with Gasteiger partial charge in [-0.2, -0.15) is 0 Å². The first-order valence-corrected chi connectivity index (χ1v) is 9.84. The number of carbonyl (C=O) groups excluding carboxylic acids is 2. The van der Waals surface area contributed by atoms with Crippen LogP contribution in [0, 0.1) is 0 Å². The summed E-state index contributed by atoms with van der Waals surface area (Å²) in [6, 6.07) is 10.4. The molecule has 3 aromatic rings. The smallest absolute Gasteiger partial charge is 0.336 e. The molecule has 0 bridgehead atoms. The predicted octanol–water partition coefficient (Wildman–Crippen LogP) is 4.38. The van der Waals surface area contributed by atoms with Crippen LogP contribution in [0.3, 0.4) is 0 Å². The lowest BCUT2D eigenvalue weighted by Crippen LogP contribution is -2.11. The summed E-state index contributed by atoms with van der Waals surface area (Å²) < 4.78 is 12.5. The van der Waals surface area contributed by atoms with Crippen molar-refractivity contribution in [1.29, 1.82) is 0 Å². The maximum atomic E-state index is 12.9. The highest BCUT2D eigenvalue weighted by molar-refractivity contribution is 7.13. The van der Waals surface area contributed by atoms with Gasteiger partial charge >= 0.3 is 5.97 Å². The van der Waals surface area contributed by atoms with Crippen molar-refractivity contribution >= 4 is 34.0 Å². The lowest BCUT2D eigenvalue weighted by molar-refractivity contribution is -0.152. The second-order valence-corrected chi connectivity index (χ2v) is 7.95. The number of hydrogen-bond acceptors (Lipinski definition) is 5. The molecule has 0 fully saturated rings. The number of thiophene rings is 1. The van der Waals surface area contributed by atoms with Crippen molar-refractivity contribution in [2.45, 2.75) is 19.6 Å². The number of Topliss-reactive ketones (excluding diaryl/α,β-unsaturated/α-hetero) is 1. The van der Waals surface area contributed by atoms with E-state index in [-0.39, 0.29) is 5.78 Å². The number of ether oxygens (including phenoxy) is 2. The van der Waals surface area contributed by atoms with E-state index in [0.29, 0.717) is 23.3 Å². The van der Waals surface area contributed by atoms with Crippen molar-refractivity contribution in [2.24, 2.45) is 7.05 Å². The molecule has 1 aliphatic heterocycles. The maximum absolute atomic E-state index is 12.9. The van der Waals surface area contributed by atoms with Crippen LogP contribution in [-0.4, -0.2) is 22.6 Å². The number of aryl methyl sites for hydroxylation is 1. The molecule has 1 aromatic carbocycles. The summed E-state index contributed by atoms with van der Waals surface area (Å²) in [4.78, 5) is 25.6. The van der Waals surface area contributed by atoms with E-state index in [2.05, 4.69) is 29.6 Å². The molecule has 0 saturated heterocycles. The van der Waals surface area contributed by atoms with Crippen LogP contribution in [0.1, 0.15) is 23.0 Å². The van der Waals surface area contributed by atoms with Gasteiger partial charge in [-0.05, 0) is 41.6 Å². The Kier molecular flexibility index (Phi) is 3.77. The van der Waals surface area contributed by atoms with Gasteiger partial charge in [-0.25, -0.2) is 4.79 Å². The van der Waals surface area contributed by atoms with Crippen molar-refractivity contribution in [3.63, 3.8) is 0 Å². The van der Waals surface area contributed by atoms with Gasteiger partial charge in [-0.1, -0.05) is 12.1 Å². The van der Waals surface area contributed by atoms with E-state index in [4.69, 9.17) is 9.47 Å². The van der Waals surface area contributed by atoms with Crippen LogP contribution in [0.5, 0.6) is 0 Å². The summed E-state index contributed by atoms with van der Waals surface area (Å²) in [6.45, 7) is 1.67. The average Bonchev–Trinajstić information content (AvgIpc) is 3.43. The molecule has 28 heavy (non-hydrogen) atoms. The third-order valence-electron chi connectivity index (χ3n) is 5.26. The Morgan fingerprint density at radius 1 is 1.29 bits per heavy atom. The SMILES string of the molecule is CC1=CC(OC=C2Cc3c(n(C)c4ccc(-c5cccs5)cc34)C2=O)OC1=O. The molecule has 0 spiro atoms. The molecule has 6 heteroatoms. The minimum atomic E-state index is -0.765. The first kappa shape index (κ1) is 17.0. The number of fused-ring (bicyclic) bond motifs is 3. The lowest BCUT2D eigenvalue weighted by Gasteiger charge is -2.08. The normalized spacial score (nSPS) is 20.0. The molecular formula is C22H17NO4S. The van der Waals surface area contributed by atoms with Gasteiger partial charge in [0, 0.05) is 46.5 Å². The van der Waals surface area contributed by atoms with E-state index in [0.717, 1.165) is 22.0 Å². The molecule has 1 aliphatic carbocycles. The van der Waals surface area contributed by atoms with Crippen LogP contribution in [-0.2, 0) is 27.7 Å². The molecule has 0 amide bonds.